The minimum absolute atomic E-state index is 0.0195. The van der Waals surface area contributed by atoms with Gasteiger partial charge in [-0.25, -0.2) is 16.8 Å². The number of hydrogen-bond acceptors (Lipinski definition) is 7. The molecule has 2 atom stereocenters. The molecule has 1 heterocycles. The van der Waals surface area contributed by atoms with Gasteiger partial charge in [0.15, 0.2) is 0 Å². The van der Waals surface area contributed by atoms with Gasteiger partial charge < -0.3 is 10.5 Å². The van der Waals surface area contributed by atoms with Crippen molar-refractivity contribution in [1.29, 1.82) is 0 Å². The third-order valence-corrected chi connectivity index (χ3v) is 8.78. The van der Waals surface area contributed by atoms with Gasteiger partial charge in [-0.3, -0.25) is 4.79 Å². The van der Waals surface area contributed by atoms with Gasteiger partial charge in [-0.2, -0.15) is 8.61 Å². The third kappa shape index (κ3) is 5.15. The lowest BCUT2D eigenvalue weighted by molar-refractivity contribution is -0.149. The van der Waals surface area contributed by atoms with Crippen LogP contribution < -0.4 is 5.73 Å². The molecule has 0 amide bonds. The second-order valence-corrected chi connectivity index (χ2v) is 10.7. The topological polar surface area (TPSA) is 127 Å². The Morgan fingerprint density at radius 1 is 1.07 bits per heavy atom. The first-order chi connectivity index (χ1) is 13.6. The number of carbonyl (C=O) groups excluding carboxylic acids is 1. The fourth-order valence-electron chi connectivity index (χ4n) is 3.37. The molecule has 0 aromatic heterocycles. The summed E-state index contributed by atoms with van der Waals surface area (Å²) in [7, 11) is -7.61. The van der Waals surface area contributed by atoms with E-state index in [-0.39, 0.29) is 29.5 Å². The molecule has 0 radical (unpaired) electrons. The molecule has 29 heavy (non-hydrogen) atoms. The molecule has 1 aliphatic heterocycles. The van der Waals surface area contributed by atoms with Crippen molar-refractivity contribution >= 4 is 26.0 Å². The van der Waals surface area contributed by atoms with E-state index < -0.39 is 38.0 Å². The van der Waals surface area contributed by atoms with Gasteiger partial charge in [0.2, 0.25) is 20.0 Å². The van der Waals surface area contributed by atoms with Gasteiger partial charge in [0, 0.05) is 32.2 Å². The van der Waals surface area contributed by atoms with Crippen LogP contribution in [0.3, 0.4) is 0 Å². The van der Waals surface area contributed by atoms with Crippen LogP contribution in [0, 0.1) is 5.92 Å². The molecule has 11 heteroatoms. The average Bonchev–Trinajstić information content (AvgIpc) is 2.68. The Hall–Kier alpha value is -1.53. The van der Waals surface area contributed by atoms with Gasteiger partial charge in [0.25, 0.3) is 0 Å². The van der Waals surface area contributed by atoms with Gasteiger partial charge in [-0.05, 0) is 37.6 Å². The second kappa shape index (κ2) is 9.52. The summed E-state index contributed by atoms with van der Waals surface area (Å²) < 4.78 is 58.7. The molecule has 1 aliphatic rings. The first-order valence-electron chi connectivity index (χ1n) is 9.60. The van der Waals surface area contributed by atoms with Crippen molar-refractivity contribution in [2.45, 2.75) is 43.0 Å². The molecule has 2 rings (SSSR count). The molecule has 2 unspecified atom stereocenters. The fourth-order valence-corrected chi connectivity index (χ4v) is 6.37. The van der Waals surface area contributed by atoms with Crippen molar-refractivity contribution in [2.75, 3.05) is 32.8 Å². The lowest BCUT2D eigenvalue weighted by Gasteiger charge is -2.34. The summed E-state index contributed by atoms with van der Waals surface area (Å²) in [6.07, 6.45) is 0.353. The van der Waals surface area contributed by atoms with Crippen molar-refractivity contribution in [3.05, 3.63) is 24.3 Å². The summed E-state index contributed by atoms with van der Waals surface area (Å²) >= 11 is 0. The van der Waals surface area contributed by atoms with Crippen LogP contribution in [0.15, 0.2) is 34.1 Å². The van der Waals surface area contributed by atoms with Crippen LogP contribution in [0.5, 0.6) is 0 Å². The van der Waals surface area contributed by atoms with Crippen LogP contribution >= 0.6 is 0 Å². The maximum atomic E-state index is 13.0. The lowest BCUT2D eigenvalue weighted by Crippen LogP contribution is -2.51. The van der Waals surface area contributed by atoms with E-state index in [1.165, 1.54) is 28.6 Å². The Morgan fingerprint density at radius 3 is 2.14 bits per heavy atom. The Kier molecular flexibility index (Phi) is 7.80. The molecule has 0 aliphatic carbocycles. The molecular formula is C18H29N3O6S2. The van der Waals surface area contributed by atoms with Crippen molar-refractivity contribution in [3.63, 3.8) is 0 Å². The second-order valence-electron chi connectivity index (χ2n) is 6.83. The molecule has 164 valence electrons. The minimum Gasteiger partial charge on any atom is -0.466 e. The zero-order valence-corrected chi connectivity index (χ0v) is 18.6. The highest BCUT2D eigenvalue weighted by atomic mass is 32.2. The van der Waals surface area contributed by atoms with Crippen LogP contribution in [0.2, 0.25) is 0 Å². The van der Waals surface area contributed by atoms with E-state index in [2.05, 4.69) is 0 Å². The zero-order chi connectivity index (χ0) is 21.8. The molecule has 1 aromatic carbocycles. The van der Waals surface area contributed by atoms with E-state index >= 15 is 0 Å². The summed E-state index contributed by atoms with van der Waals surface area (Å²) in [5.41, 5.74) is 5.97. The molecule has 1 fully saturated rings. The zero-order valence-electron chi connectivity index (χ0n) is 16.9. The molecule has 1 saturated heterocycles. The van der Waals surface area contributed by atoms with Crippen LogP contribution in [-0.2, 0) is 29.6 Å². The number of hydrogen-bond donors (Lipinski definition) is 1. The van der Waals surface area contributed by atoms with E-state index in [1.54, 1.807) is 20.8 Å². The Labute approximate surface area is 172 Å². The predicted octanol–water partition coefficient (Wildman–Crippen LogP) is 0.618. The smallest absolute Gasteiger partial charge is 0.310 e. The highest BCUT2D eigenvalue weighted by molar-refractivity contribution is 7.89. The van der Waals surface area contributed by atoms with Crippen LogP contribution in [0.1, 0.15) is 27.2 Å². The first kappa shape index (κ1) is 23.7. The van der Waals surface area contributed by atoms with E-state index in [1.807, 2.05) is 0 Å². The van der Waals surface area contributed by atoms with E-state index in [0.29, 0.717) is 19.5 Å². The quantitative estimate of drug-likeness (QED) is 0.579. The maximum Gasteiger partial charge on any atom is 0.310 e. The summed E-state index contributed by atoms with van der Waals surface area (Å²) in [4.78, 5) is 12.0. The number of rotatable bonds is 8. The Morgan fingerprint density at radius 2 is 1.62 bits per heavy atom. The highest BCUT2D eigenvalue weighted by Gasteiger charge is 2.37. The molecule has 1 aromatic rings. The van der Waals surface area contributed by atoms with Gasteiger partial charge in [-0.1, -0.05) is 13.8 Å². The van der Waals surface area contributed by atoms with Crippen LogP contribution in [0.25, 0.3) is 0 Å². The van der Waals surface area contributed by atoms with E-state index in [4.69, 9.17) is 10.5 Å². The molecule has 0 saturated carbocycles. The molecule has 0 spiro atoms. The monoisotopic (exact) mass is 447 g/mol. The number of piperidine rings is 1. The predicted molar refractivity (Wildman–Crippen MR) is 108 cm³/mol. The molecular weight excluding hydrogens is 418 g/mol. The minimum atomic E-state index is -3.93. The van der Waals surface area contributed by atoms with Gasteiger partial charge in [0.05, 0.1) is 22.3 Å². The van der Waals surface area contributed by atoms with Crippen LogP contribution in [0.4, 0.5) is 0 Å². The number of esters is 1. The maximum absolute atomic E-state index is 13.0. The largest absolute Gasteiger partial charge is 0.466 e. The number of carbonyl (C=O) groups is 1. The number of benzene rings is 1. The van der Waals surface area contributed by atoms with Gasteiger partial charge in [-0.15, -0.1) is 0 Å². The highest BCUT2D eigenvalue weighted by Crippen LogP contribution is 2.25. The van der Waals surface area contributed by atoms with E-state index in [0.717, 1.165) is 4.31 Å². The summed E-state index contributed by atoms with van der Waals surface area (Å²) in [5.74, 6) is -1.10. The standard InChI is InChI=1S/C18H29N3O6S2/c1-4-20(5-2)28(23,24)16-7-9-17(10-8-16)29(25,26)21-12-14(11-15(19)13-21)18(22)27-6-3/h7-10,14-15H,4-6,11-13,19H2,1-3H3. The van der Waals surface area contributed by atoms with Crippen molar-refractivity contribution in [1.82, 2.24) is 8.61 Å². The normalized spacial score (nSPS) is 21.3. The molecule has 9 nitrogen and oxygen atoms in total. The Balaban J connectivity index is 2.28. The molecule has 0 bridgehead atoms. The summed E-state index contributed by atoms with van der Waals surface area (Å²) in [6, 6.07) is 4.62. The Bertz CT molecular complexity index is 911. The number of sulfonamides is 2. The summed E-state index contributed by atoms with van der Waals surface area (Å²) in [5, 5.41) is 0. The van der Waals surface area contributed by atoms with Crippen LogP contribution in [-0.4, -0.2) is 70.2 Å². The van der Waals surface area contributed by atoms with Crippen molar-refractivity contribution in [3.8, 4) is 0 Å². The van der Waals surface area contributed by atoms with Crippen molar-refractivity contribution < 1.29 is 26.4 Å². The van der Waals surface area contributed by atoms with Gasteiger partial charge >= 0.3 is 5.97 Å². The fraction of sp³-hybridized carbons (Fsp3) is 0.611. The number of nitrogens with two attached hydrogens (primary N) is 1. The number of ether oxygens (including phenoxy) is 1. The SMILES string of the molecule is CCOC(=O)C1CC(N)CN(S(=O)(=O)c2ccc(S(=O)(=O)N(CC)CC)cc2)C1. The summed E-state index contributed by atoms with van der Waals surface area (Å²) in [6.45, 7) is 6.06. The van der Waals surface area contributed by atoms with Gasteiger partial charge in [0.1, 0.15) is 0 Å². The van der Waals surface area contributed by atoms with E-state index in [9.17, 15) is 21.6 Å². The molecule has 2 N–H and O–H groups in total. The lowest BCUT2D eigenvalue weighted by atomic mass is 9.96. The number of nitrogens with zero attached hydrogens (tertiary/aromatic N) is 2. The third-order valence-electron chi connectivity index (χ3n) is 4.87. The average molecular weight is 448 g/mol. The van der Waals surface area contributed by atoms with Crippen molar-refractivity contribution in [2.24, 2.45) is 11.7 Å². The first-order valence-corrected chi connectivity index (χ1v) is 12.5.